The fourth-order valence-corrected chi connectivity index (χ4v) is 4.53. The lowest BCUT2D eigenvalue weighted by Gasteiger charge is -2.35. The molecule has 1 fully saturated rings. The lowest BCUT2D eigenvalue weighted by molar-refractivity contribution is 0.385. The summed E-state index contributed by atoms with van der Waals surface area (Å²) in [6.07, 6.45) is 0. The molecule has 136 valence electrons. The van der Waals surface area contributed by atoms with E-state index in [1.807, 2.05) is 24.3 Å². The number of hydrogen-bond donors (Lipinski definition) is 0. The molecule has 0 atom stereocenters. The van der Waals surface area contributed by atoms with Crippen LogP contribution in [0.1, 0.15) is 30.9 Å². The summed E-state index contributed by atoms with van der Waals surface area (Å²) in [5.74, 6) is 0.378. The van der Waals surface area contributed by atoms with Crippen molar-refractivity contribution in [3.63, 3.8) is 0 Å². The molecule has 0 aromatic heterocycles. The van der Waals surface area contributed by atoms with Crippen LogP contribution in [0.15, 0.2) is 53.4 Å². The van der Waals surface area contributed by atoms with Gasteiger partial charge in [-0.15, -0.1) is 0 Å². The fraction of sp³-hybridized carbons (Fsp3) is 0.350. The van der Waals surface area contributed by atoms with E-state index in [-0.39, 0.29) is 0 Å². The van der Waals surface area contributed by atoms with E-state index >= 15 is 0 Å². The summed E-state index contributed by atoms with van der Waals surface area (Å²) in [5, 5.41) is 8.88. The SMILES string of the molecule is CC(C)c1ccc(S(=O)(=O)N2CCN(c3ccc(C#N)cc3)CC2)cc1. The highest BCUT2D eigenvalue weighted by Crippen LogP contribution is 2.23. The third kappa shape index (κ3) is 3.74. The molecule has 5 nitrogen and oxygen atoms in total. The van der Waals surface area contributed by atoms with Crippen LogP contribution in [-0.2, 0) is 10.0 Å². The van der Waals surface area contributed by atoms with Crippen molar-refractivity contribution in [2.75, 3.05) is 31.1 Å². The third-order valence-corrected chi connectivity index (χ3v) is 6.70. The number of anilines is 1. The first kappa shape index (κ1) is 18.4. The van der Waals surface area contributed by atoms with Gasteiger partial charge in [0.1, 0.15) is 0 Å². The zero-order chi connectivity index (χ0) is 18.7. The molecule has 1 aliphatic heterocycles. The lowest BCUT2D eigenvalue weighted by Crippen LogP contribution is -2.48. The molecular formula is C20H23N3O2S. The number of nitriles is 1. The van der Waals surface area contributed by atoms with Gasteiger partial charge in [0.25, 0.3) is 0 Å². The topological polar surface area (TPSA) is 64.4 Å². The molecule has 1 saturated heterocycles. The Morgan fingerprint density at radius 1 is 0.923 bits per heavy atom. The van der Waals surface area contributed by atoms with E-state index < -0.39 is 10.0 Å². The summed E-state index contributed by atoms with van der Waals surface area (Å²) < 4.78 is 27.3. The van der Waals surface area contributed by atoms with Crippen LogP contribution in [0.25, 0.3) is 0 Å². The van der Waals surface area contributed by atoms with Crippen molar-refractivity contribution in [3.05, 3.63) is 59.7 Å². The first-order valence-electron chi connectivity index (χ1n) is 8.77. The van der Waals surface area contributed by atoms with Crippen LogP contribution in [0.2, 0.25) is 0 Å². The van der Waals surface area contributed by atoms with E-state index in [0.29, 0.717) is 42.6 Å². The molecule has 0 amide bonds. The Kier molecular flexibility index (Phi) is 5.30. The fourth-order valence-electron chi connectivity index (χ4n) is 3.11. The number of nitrogens with zero attached hydrogens (tertiary/aromatic N) is 3. The number of rotatable bonds is 4. The Labute approximate surface area is 155 Å². The molecule has 0 bridgehead atoms. The first-order chi connectivity index (χ1) is 12.4. The minimum absolute atomic E-state index is 0.355. The first-order valence-corrected chi connectivity index (χ1v) is 10.2. The smallest absolute Gasteiger partial charge is 0.243 e. The summed E-state index contributed by atoms with van der Waals surface area (Å²) in [4.78, 5) is 2.50. The van der Waals surface area contributed by atoms with Gasteiger partial charge in [-0.1, -0.05) is 26.0 Å². The summed E-state index contributed by atoms with van der Waals surface area (Å²) in [6, 6.07) is 16.7. The maximum Gasteiger partial charge on any atom is 0.243 e. The zero-order valence-electron chi connectivity index (χ0n) is 15.1. The molecule has 0 aliphatic carbocycles. The van der Waals surface area contributed by atoms with E-state index in [1.165, 1.54) is 0 Å². The molecule has 0 spiro atoms. The molecular weight excluding hydrogens is 346 g/mol. The molecule has 1 heterocycles. The van der Waals surface area contributed by atoms with Crippen LogP contribution in [0.3, 0.4) is 0 Å². The summed E-state index contributed by atoms with van der Waals surface area (Å²) in [6.45, 7) is 6.35. The highest BCUT2D eigenvalue weighted by atomic mass is 32.2. The molecule has 26 heavy (non-hydrogen) atoms. The van der Waals surface area contributed by atoms with Gasteiger partial charge in [0.2, 0.25) is 10.0 Å². The van der Waals surface area contributed by atoms with Crippen molar-refractivity contribution in [1.29, 1.82) is 5.26 Å². The molecule has 0 unspecified atom stereocenters. The number of sulfonamides is 1. The van der Waals surface area contributed by atoms with E-state index in [0.717, 1.165) is 11.3 Å². The highest BCUT2D eigenvalue weighted by molar-refractivity contribution is 7.89. The van der Waals surface area contributed by atoms with E-state index in [1.54, 1.807) is 28.6 Å². The zero-order valence-corrected chi connectivity index (χ0v) is 15.9. The molecule has 0 saturated carbocycles. The van der Waals surface area contributed by atoms with E-state index in [9.17, 15) is 8.42 Å². The van der Waals surface area contributed by atoms with Crippen molar-refractivity contribution < 1.29 is 8.42 Å². The second-order valence-electron chi connectivity index (χ2n) is 6.77. The van der Waals surface area contributed by atoms with Crippen molar-refractivity contribution in [3.8, 4) is 6.07 Å². The Morgan fingerprint density at radius 2 is 1.50 bits per heavy atom. The monoisotopic (exact) mass is 369 g/mol. The standard InChI is InChI=1S/C20H23N3O2S/c1-16(2)18-5-9-20(10-6-18)26(24,25)23-13-11-22(12-14-23)19-7-3-17(15-21)4-8-19/h3-10,16H,11-14H2,1-2H3. The van der Waals surface area contributed by atoms with E-state index in [2.05, 4.69) is 24.8 Å². The van der Waals surface area contributed by atoms with Gasteiger partial charge in [0.15, 0.2) is 0 Å². The van der Waals surface area contributed by atoms with Crippen molar-refractivity contribution in [1.82, 2.24) is 4.31 Å². The van der Waals surface area contributed by atoms with Crippen LogP contribution in [-0.4, -0.2) is 38.9 Å². The van der Waals surface area contributed by atoms with Crippen LogP contribution in [0.5, 0.6) is 0 Å². The van der Waals surface area contributed by atoms with Gasteiger partial charge in [-0.25, -0.2) is 8.42 Å². The quantitative estimate of drug-likeness (QED) is 0.830. The third-order valence-electron chi connectivity index (χ3n) is 4.78. The van der Waals surface area contributed by atoms with Crippen LogP contribution in [0.4, 0.5) is 5.69 Å². The van der Waals surface area contributed by atoms with Gasteiger partial charge in [-0.2, -0.15) is 9.57 Å². The van der Waals surface area contributed by atoms with Gasteiger partial charge < -0.3 is 4.90 Å². The normalized spacial score (nSPS) is 15.8. The number of benzene rings is 2. The maximum absolute atomic E-state index is 12.9. The predicted molar refractivity (Wildman–Crippen MR) is 103 cm³/mol. The average molecular weight is 369 g/mol. The Bertz CT molecular complexity index is 890. The Hall–Kier alpha value is -2.36. The second-order valence-corrected chi connectivity index (χ2v) is 8.71. The highest BCUT2D eigenvalue weighted by Gasteiger charge is 2.28. The minimum atomic E-state index is -3.46. The summed E-state index contributed by atoms with van der Waals surface area (Å²) >= 11 is 0. The number of hydrogen-bond acceptors (Lipinski definition) is 4. The van der Waals surface area contributed by atoms with E-state index in [4.69, 9.17) is 5.26 Å². The molecule has 2 aromatic rings. The number of piperazine rings is 1. The van der Waals surface area contributed by atoms with Gasteiger partial charge in [0.05, 0.1) is 16.5 Å². The molecule has 0 radical (unpaired) electrons. The Balaban J connectivity index is 1.69. The van der Waals surface area contributed by atoms with Crippen molar-refractivity contribution >= 4 is 15.7 Å². The molecule has 3 rings (SSSR count). The molecule has 0 N–H and O–H groups in total. The lowest BCUT2D eigenvalue weighted by atomic mass is 10.0. The molecule has 1 aliphatic rings. The van der Waals surface area contributed by atoms with Gasteiger partial charge in [0, 0.05) is 31.9 Å². The molecule has 6 heteroatoms. The van der Waals surface area contributed by atoms with Crippen LogP contribution < -0.4 is 4.90 Å². The predicted octanol–water partition coefficient (Wildman–Crippen LogP) is 3.19. The van der Waals surface area contributed by atoms with Crippen molar-refractivity contribution in [2.45, 2.75) is 24.7 Å². The van der Waals surface area contributed by atoms with Gasteiger partial charge in [-0.05, 0) is 47.9 Å². The Morgan fingerprint density at radius 3 is 2.00 bits per heavy atom. The second kappa shape index (κ2) is 7.48. The minimum Gasteiger partial charge on any atom is -0.369 e. The van der Waals surface area contributed by atoms with Crippen molar-refractivity contribution in [2.24, 2.45) is 0 Å². The summed E-state index contributed by atoms with van der Waals surface area (Å²) in [7, 11) is -3.46. The van der Waals surface area contributed by atoms with Crippen LogP contribution >= 0.6 is 0 Å². The average Bonchev–Trinajstić information content (AvgIpc) is 2.68. The van der Waals surface area contributed by atoms with Crippen LogP contribution in [0, 0.1) is 11.3 Å². The van der Waals surface area contributed by atoms with Gasteiger partial charge in [-0.3, -0.25) is 0 Å². The molecule has 2 aromatic carbocycles. The van der Waals surface area contributed by atoms with Gasteiger partial charge >= 0.3 is 0 Å². The largest absolute Gasteiger partial charge is 0.369 e. The maximum atomic E-state index is 12.9. The summed E-state index contributed by atoms with van der Waals surface area (Å²) in [5.41, 5.74) is 2.77.